The van der Waals surface area contributed by atoms with Crippen LogP contribution in [0.15, 0.2) is 12.1 Å². The molecule has 7 heteroatoms. The molecule has 1 fully saturated rings. The summed E-state index contributed by atoms with van der Waals surface area (Å²) in [5.41, 5.74) is -1.92. The number of hydrogen-bond acceptors (Lipinski definition) is 2. The summed E-state index contributed by atoms with van der Waals surface area (Å²) in [5, 5.41) is 8.79. The highest BCUT2D eigenvalue weighted by Gasteiger charge is 2.46. The summed E-state index contributed by atoms with van der Waals surface area (Å²) in [7, 11) is 0. The molecular weight excluding hydrogens is 292 g/mol. The molecule has 1 atom stereocenters. The molecule has 0 radical (unpaired) electrons. The van der Waals surface area contributed by atoms with Crippen molar-refractivity contribution < 1.29 is 23.5 Å². The molecule has 0 aliphatic carbocycles. The zero-order chi connectivity index (χ0) is 15.1. The third kappa shape index (κ3) is 2.24. The average Bonchev–Trinajstić information content (AvgIpc) is 2.76. The molecule has 1 saturated heterocycles. The molecule has 1 N–H and O–H groups in total. The number of carboxylic acids is 1. The van der Waals surface area contributed by atoms with E-state index in [0.29, 0.717) is 18.6 Å². The maximum Gasteiger partial charge on any atom is 0.329 e. The maximum atomic E-state index is 13.7. The van der Waals surface area contributed by atoms with E-state index in [1.54, 1.807) is 0 Å². The Balaban J connectivity index is 2.42. The van der Waals surface area contributed by atoms with E-state index in [1.807, 2.05) is 0 Å². The molecule has 0 spiro atoms. The number of carboxylic acid groups (broad SMARTS) is 1. The van der Waals surface area contributed by atoms with Gasteiger partial charge in [0.05, 0.1) is 10.6 Å². The van der Waals surface area contributed by atoms with Crippen LogP contribution in [0.2, 0.25) is 5.02 Å². The van der Waals surface area contributed by atoms with Crippen LogP contribution in [-0.2, 0) is 4.79 Å². The number of benzene rings is 1. The lowest BCUT2D eigenvalue weighted by Crippen LogP contribution is -2.51. The van der Waals surface area contributed by atoms with E-state index in [4.69, 9.17) is 11.6 Å². The Morgan fingerprint density at radius 1 is 1.35 bits per heavy atom. The van der Waals surface area contributed by atoms with Crippen LogP contribution in [-0.4, -0.2) is 34.0 Å². The fourth-order valence-electron chi connectivity index (χ4n) is 2.34. The van der Waals surface area contributed by atoms with Crippen molar-refractivity contribution in [3.8, 4) is 0 Å². The zero-order valence-electron chi connectivity index (χ0n) is 10.6. The molecule has 2 rings (SSSR count). The molecule has 1 amide bonds. The van der Waals surface area contributed by atoms with Gasteiger partial charge in [-0.2, -0.15) is 0 Å². The predicted octanol–water partition coefficient (Wildman–Crippen LogP) is 2.70. The summed E-state index contributed by atoms with van der Waals surface area (Å²) in [6, 6.07) is 1.40. The van der Waals surface area contributed by atoms with E-state index in [0.717, 1.165) is 4.90 Å². The van der Waals surface area contributed by atoms with E-state index in [9.17, 15) is 23.5 Å². The number of nitrogens with zero attached hydrogens (tertiary/aromatic N) is 1. The second-order valence-corrected chi connectivity index (χ2v) is 5.29. The van der Waals surface area contributed by atoms with Crippen molar-refractivity contribution in [3.05, 3.63) is 34.4 Å². The van der Waals surface area contributed by atoms with Crippen LogP contribution in [0.1, 0.15) is 30.1 Å². The summed E-state index contributed by atoms with van der Waals surface area (Å²) in [6.07, 6.45) is 0.762. The lowest BCUT2D eigenvalue weighted by atomic mass is 9.98. The summed E-state index contributed by atoms with van der Waals surface area (Å²) in [6.45, 7) is 1.58. The van der Waals surface area contributed by atoms with Crippen molar-refractivity contribution in [1.82, 2.24) is 4.90 Å². The number of carbonyl (C=O) groups is 2. The number of carbonyl (C=O) groups excluding carboxylic acids is 1. The SMILES string of the molecule is CC1(C(=O)O)CCCN1C(=O)c1cc(F)c(Cl)cc1F. The summed E-state index contributed by atoms with van der Waals surface area (Å²) >= 11 is 5.42. The molecule has 0 aromatic heterocycles. The summed E-state index contributed by atoms with van der Waals surface area (Å²) < 4.78 is 27.1. The van der Waals surface area contributed by atoms with Crippen molar-refractivity contribution in [2.75, 3.05) is 6.54 Å². The number of rotatable bonds is 2. The minimum absolute atomic E-state index is 0.186. The molecule has 1 aromatic carbocycles. The van der Waals surface area contributed by atoms with Crippen molar-refractivity contribution >= 4 is 23.5 Å². The quantitative estimate of drug-likeness (QED) is 0.855. The highest BCUT2D eigenvalue weighted by Crippen LogP contribution is 2.32. The minimum Gasteiger partial charge on any atom is -0.480 e. The lowest BCUT2D eigenvalue weighted by molar-refractivity contribution is -0.147. The topological polar surface area (TPSA) is 57.6 Å². The molecule has 1 aromatic rings. The standard InChI is InChI=1S/C13H12ClF2NO3/c1-13(12(19)20)3-2-4-17(13)11(18)7-5-10(16)8(14)6-9(7)15/h5-6H,2-4H2,1H3,(H,19,20). The van der Waals surface area contributed by atoms with Crippen LogP contribution in [0.3, 0.4) is 0 Å². The largest absolute Gasteiger partial charge is 0.480 e. The van der Waals surface area contributed by atoms with Gasteiger partial charge in [-0.25, -0.2) is 13.6 Å². The number of aliphatic carboxylic acids is 1. The second kappa shape index (κ2) is 5.01. The van der Waals surface area contributed by atoms with Crippen molar-refractivity contribution in [2.45, 2.75) is 25.3 Å². The second-order valence-electron chi connectivity index (χ2n) is 4.89. The van der Waals surface area contributed by atoms with Gasteiger partial charge in [-0.15, -0.1) is 0 Å². The third-order valence-corrected chi connectivity index (χ3v) is 3.88. The monoisotopic (exact) mass is 303 g/mol. The molecule has 1 aliphatic heterocycles. The van der Waals surface area contributed by atoms with Crippen molar-refractivity contribution in [3.63, 3.8) is 0 Å². The van der Waals surface area contributed by atoms with Gasteiger partial charge < -0.3 is 10.0 Å². The molecule has 1 heterocycles. The van der Waals surface area contributed by atoms with Crippen molar-refractivity contribution in [2.24, 2.45) is 0 Å². The Morgan fingerprint density at radius 3 is 2.60 bits per heavy atom. The highest BCUT2D eigenvalue weighted by molar-refractivity contribution is 6.30. The Bertz CT molecular complexity index is 593. The fourth-order valence-corrected chi connectivity index (χ4v) is 2.49. The van der Waals surface area contributed by atoms with Crippen molar-refractivity contribution in [1.29, 1.82) is 0 Å². The number of hydrogen-bond donors (Lipinski definition) is 1. The Labute approximate surface area is 118 Å². The number of halogens is 3. The van der Waals surface area contributed by atoms with Gasteiger partial charge in [-0.05, 0) is 31.9 Å². The van der Waals surface area contributed by atoms with Crippen LogP contribution < -0.4 is 0 Å². The zero-order valence-corrected chi connectivity index (χ0v) is 11.4. The van der Waals surface area contributed by atoms with Crippen LogP contribution in [0.5, 0.6) is 0 Å². The average molecular weight is 304 g/mol. The van der Waals surface area contributed by atoms with Gasteiger partial charge in [0, 0.05) is 6.54 Å². The van der Waals surface area contributed by atoms with Gasteiger partial charge in [0.1, 0.15) is 17.2 Å². The van der Waals surface area contributed by atoms with Crippen LogP contribution in [0.4, 0.5) is 8.78 Å². The van der Waals surface area contributed by atoms with E-state index in [1.165, 1.54) is 6.92 Å². The third-order valence-electron chi connectivity index (χ3n) is 3.59. The van der Waals surface area contributed by atoms with E-state index >= 15 is 0 Å². The van der Waals surface area contributed by atoms with Gasteiger partial charge in [0.15, 0.2) is 0 Å². The number of amides is 1. The smallest absolute Gasteiger partial charge is 0.329 e. The molecule has 0 bridgehead atoms. The van der Waals surface area contributed by atoms with Gasteiger partial charge in [-0.1, -0.05) is 11.6 Å². The highest BCUT2D eigenvalue weighted by atomic mass is 35.5. The summed E-state index contributed by atoms with van der Waals surface area (Å²) in [5.74, 6) is -3.91. The minimum atomic E-state index is -1.40. The van der Waals surface area contributed by atoms with E-state index in [-0.39, 0.29) is 13.0 Å². The van der Waals surface area contributed by atoms with E-state index < -0.39 is 39.6 Å². The van der Waals surface area contributed by atoms with Crippen LogP contribution in [0.25, 0.3) is 0 Å². The first-order valence-electron chi connectivity index (χ1n) is 5.97. The first kappa shape index (κ1) is 14.7. The van der Waals surface area contributed by atoms with Gasteiger partial charge in [0.25, 0.3) is 5.91 Å². The van der Waals surface area contributed by atoms with E-state index in [2.05, 4.69) is 0 Å². The van der Waals surface area contributed by atoms with Crippen LogP contribution >= 0.6 is 11.6 Å². The van der Waals surface area contributed by atoms with Crippen LogP contribution in [0, 0.1) is 11.6 Å². The van der Waals surface area contributed by atoms with Gasteiger partial charge in [0.2, 0.25) is 0 Å². The molecule has 20 heavy (non-hydrogen) atoms. The Hall–Kier alpha value is -1.69. The summed E-state index contributed by atoms with van der Waals surface area (Å²) in [4.78, 5) is 24.6. The molecule has 108 valence electrons. The normalized spacial score (nSPS) is 22.1. The molecule has 1 aliphatic rings. The molecular formula is C13H12ClF2NO3. The van der Waals surface area contributed by atoms with Gasteiger partial charge >= 0.3 is 5.97 Å². The van der Waals surface area contributed by atoms with Gasteiger partial charge in [-0.3, -0.25) is 4.79 Å². The Kier molecular flexibility index (Phi) is 3.69. The first-order chi connectivity index (χ1) is 9.27. The molecule has 0 saturated carbocycles. The molecule has 1 unspecified atom stereocenters. The predicted molar refractivity (Wildman–Crippen MR) is 67.7 cm³/mol. The Morgan fingerprint density at radius 2 is 2.00 bits per heavy atom. The molecule has 4 nitrogen and oxygen atoms in total. The first-order valence-corrected chi connectivity index (χ1v) is 6.35. The number of likely N-dealkylation sites (tertiary alicyclic amines) is 1. The maximum absolute atomic E-state index is 13.7. The lowest BCUT2D eigenvalue weighted by Gasteiger charge is -2.31. The fraction of sp³-hybridized carbons (Fsp3) is 0.385.